The van der Waals surface area contributed by atoms with E-state index in [4.69, 9.17) is 9.47 Å². The molecule has 1 aliphatic rings. The smallest absolute Gasteiger partial charge is 0.195 e. The minimum atomic E-state index is -0.567. The molecule has 1 saturated heterocycles. The lowest BCUT2D eigenvalue weighted by molar-refractivity contribution is -0.186. The van der Waals surface area contributed by atoms with Crippen LogP contribution in [0.1, 0.15) is 57.6 Å². The second kappa shape index (κ2) is 6.59. The molecule has 2 unspecified atom stereocenters. The van der Waals surface area contributed by atoms with Crippen molar-refractivity contribution in [1.29, 1.82) is 0 Å². The Kier molecular flexibility index (Phi) is 5.27. The molecular weight excluding hydrogens is 316 g/mol. The minimum Gasteiger partial charge on any atom is -0.340 e. The van der Waals surface area contributed by atoms with Crippen molar-refractivity contribution in [2.75, 3.05) is 5.33 Å². The van der Waals surface area contributed by atoms with Crippen molar-refractivity contribution in [3.05, 3.63) is 35.4 Å². The van der Waals surface area contributed by atoms with Gasteiger partial charge in [-0.3, -0.25) is 0 Å². The van der Waals surface area contributed by atoms with E-state index in [1.807, 2.05) is 0 Å². The molecule has 0 aliphatic carbocycles. The van der Waals surface area contributed by atoms with Crippen LogP contribution in [0, 0.1) is 0 Å². The van der Waals surface area contributed by atoms with Crippen molar-refractivity contribution in [2.24, 2.45) is 0 Å². The largest absolute Gasteiger partial charge is 0.340 e. The molecule has 0 saturated carbocycles. The fraction of sp³-hybridized carbons (Fsp3) is 0.647. The molecular formula is C17H25BrO2. The lowest BCUT2D eigenvalue weighted by atomic mass is 9.96. The Morgan fingerprint density at radius 2 is 1.65 bits per heavy atom. The molecule has 1 aromatic carbocycles. The Balaban J connectivity index is 2.27. The third-order valence-corrected chi connectivity index (χ3v) is 4.63. The first kappa shape index (κ1) is 16.0. The summed E-state index contributed by atoms with van der Waals surface area (Å²) in [7, 11) is 0. The van der Waals surface area contributed by atoms with Gasteiger partial charge in [0.25, 0.3) is 0 Å². The molecule has 1 fully saturated rings. The topological polar surface area (TPSA) is 18.5 Å². The first-order chi connectivity index (χ1) is 9.48. The van der Waals surface area contributed by atoms with Gasteiger partial charge in [0.1, 0.15) is 0 Å². The zero-order valence-corrected chi connectivity index (χ0v) is 14.4. The van der Waals surface area contributed by atoms with E-state index in [1.54, 1.807) is 0 Å². The molecule has 2 atom stereocenters. The van der Waals surface area contributed by atoms with Crippen LogP contribution in [0.3, 0.4) is 0 Å². The van der Waals surface area contributed by atoms with E-state index in [0.29, 0.717) is 5.92 Å². The molecule has 112 valence electrons. The SMILES string of the molecule is CC(C)c1ccc(C2(CCCBr)OC(C)C(C)O2)cc1. The molecule has 2 nitrogen and oxygen atoms in total. The maximum atomic E-state index is 6.21. The Morgan fingerprint density at radius 1 is 1.10 bits per heavy atom. The average Bonchev–Trinajstić information content (AvgIpc) is 2.73. The van der Waals surface area contributed by atoms with Gasteiger partial charge in [0, 0.05) is 17.3 Å². The summed E-state index contributed by atoms with van der Waals surface area (Å²) in [6, 6.07) is 8.70. The van der Waals surface area contributed by atoms with Gasteiger partial charge in [-0.15, -0.1) is 0 Å². The molecule has 0 amide bonds. The summed E-state index contributed by atoms with van der Waals surface area (Å²) in [6.07, 6.45) is 2.18. The molecule has 0 spiro atoms. The van der Waals surface area contributed by atoms with Gasteiger partial charge in [0.15, 0.2) is 5.79 Å². The van der Waals surface area contributed by atoms with Gasteiger partial charge in [-0.25, -0.2) is 0 Å². The second-order valence-electron chi connectivity index (χ2n) is 5.97. The van der Waals surface area contributed by atoms with Crippen LogP contribution in [-0.4, -0.2) is 17.5 Å². The van der Waals surface area contributed by atoms with Gasteiger partial charge < -0.3 is 9.47 Å². The summed E-state index contributed by atoms with van der Waals surface area (Å²) in [6.45, 7) is 8.59. The van der Waals surface area contributed by atoms with Crippen molar-refractivity contribution in [3.63, 3.8) is 0 Å². The van der Waals surface area contributed by atoms with Crippen LogP contribution < -0.4 is 0 Å². The van der Waals surface area contributed by atoms with E-state index in [2.05, 4.69) is 67.9 Å². The normalized spacial score (nSPS) is 30.1. The summed E-state index contributed by atoms with van der Waals surface area (Å²) in [5.74, 6) is -0.0203. The zero-order valence-electron chi connectivity index (χ0n) is 12.9. The van der Waals surface area contributed by atoms with Crippen molar-refractivity contribution < 1.29 is 9.47 Å². The van der Waals surface area contributed by atoms with E-state index < -0.39 is 5.79 Å². The van der Waals surface area contributed by atoms with E-state index in [-0.39, 0.29) is 12.2 Å². The number of alkyl halides is 1. The average molecular weight is 341 g/mol. The van der Waals surface area contributed by atoms with Crippen LogP contribution in [0.4, 0.5) is 0 Å². The first-order valence-corrected chi connectivity index (χ1v) is 8.62. The number of hydrogen-bond donors (Lipinski definition) is 0. The molecule has 0 radical (unpaired) electrons. The summed E-state index contributed by atoms with van der Waals surface area (Å²) in [5, 5.41) is 0.967. The standard InChI is InChI=1S/C17H25BrO2/c1-12(2)15-6-8-16(9-7-15)17(10-5-11-18)19-13(3)14(4)20-17/h6-9,12-14H,5,10-11H2,1-4H3. The van der Waals surface area contributed by atoms with Gasteiger partial charge in [-0.2, -0.15) is 0 Å². The quantitative estimate of drug-likeness (QED) is 0.705. The van der Waals surface area contributed by atoms with Gasteiger partial charge in [0.2, 0.25) is 0 Å². The molecule has 3 heteroatoms. The number of rotatable bonds is 5. The summed E-state index contributed by atoms with van der Waals surface area (Å²) in [4.78, 5) is 0. The zero-order chi connectivity index (χ0) is 14.8. The third kappa shape index (κ3) is 3.26. The van der Waals surface area contributed by atoms with E-state index in [0.717, 1.165) is 23.7 Å². The number of ether oxygens (including phenoxy) is 2. The second-order valence-corrected chi connectivity index (χ2v) is 6.76. The maximum absolute atomic E-state index is 6.21. The Bertz CT molecular complexity index is 417. The molecule has 2 rings (SSSR count). The van der Waals surface area contributed by atoms with Crippen LogP contribution >= 0.6 is 15.9 Å². The van der Waals surface area contributed by atoms with Crippen LogP contribution in [0.15, 0.2) is 24.3 Å². The van der Waals surface area contributed by atoms with Crippen molar-refractivity contribution in [1.82, 2.24) is 0 Å². The number of benzene rings is 1. The minimum absolute atomic E-state index is 0.134. The predicted octanol–water partition coefficient (Wildman–Crippen LogP) is 4.96. The lowest BCUT2D eigenvalue weighted by Crippen LogP contribution is -2.28. The predicted molar refractivity (Wildman–Crippen MR) is 86.3 cm³/mol. The number of halogens is 1. The van der Waals surface area contributed by atoms with Crippen molar-refractivity contribution >= 4 is 15.9 Å². The van der Waals surface area contributed by atoms with Crippen LogP contribution in [0.2, 0.25) is 0 Å². The highest BCUT2D eigenvalue weighted by Crippen LogP contribution is 2.41. The monoisotopic (exact) mass is 340 g/mol. The summed E-state index contributed by atoms with van der Waals surface area (Å²) < 4.78 is 12.4. The highest BCUT2D eigenvalue weighted by Gasteiger charge is 2.44. The molecule has 1 aromatic rings. The maximum Gasteiger partial charge on any atom is 0.195 e. The number of hydrogen-bond acceptors (Lipinski definition) is 2. The van der Waals surface area contributed by atoms with Crippen LogP contribution in [0.5, 0.6) is 0 Å². The molecule has 20 heavy (non-hydrogen) atoms. The van der Waals surface area contributed by atoms with Gasteiger partial charge in [-0.05, 0) is 31.7 Å². The third-order valence-electron chi connectivity index (χ3n) is 4.07. The molecule has 1 heterocycles. The van der Waals surface area contributed by atoms with Crippen molar-refractivity contribution in [2.45, 2.75) is 64.4 Å². The fourth-order valence-corrected chi connectivity index (χ4v) is 2.92. The molecule has 1 aliphatic heterocycles. The first-order valence-electron chi connectivity index (χ1n) is 7.50. The highest BCUT2D eigenvalue weighted by molar-refractivity contribution is 9.09. The van der Waals surface area contributed by atoms with Crippen LogP contribution in [-0.2, 0) is 15.3 Å². The van der Waals surface area contributed by atoms with E-state index in [9.17, 15) is 0 Å². The highest BCUT2D eigenvalue weighted by atomic mass is 79.9. The van der Waals surface area contributed by atoms with Crippen molar-refractivity contribution in [3.8, 4) is 0 Å². The van der Waals surface area contributed by atoms with Gasteiger partial charge >= 0.3 is 0 Å². The molecule has 0 bridgehead atoms. The summed E-state index contributed by atoms with van der Waals surface area (Å²) in [5.41, 5.74) is 2.49. The van der Waals surface area contributed by atoms with E-state index in [1.165, 1.54) is 5.56 Å². The van der Waals surface area contributed by atoms with Gasteiger partial charge in [0.05, 0.1) is 12.2 Å². The van der Waals surface area contributed by atoms with E-state index >= 15 is 0 Å². The Labute approximate surface area is 131 Å². The Morgan fingerprint density at radius 3 is 2.10 bits per heavy atom. The fourth-order valence-electron chi connectivity index (χ4n) is 2.64. The lowest BCUT2D eigenvalue weighted by Gasteiger charge is -2.29. The summed E-state index contributed by atoms with van der Waals surface area (Å²) >= 11 is 3.50. The van der Waals surface area contributed by atoms with Gasteiger partial charge in [-0.1, -0.05) is 54.0 Å². The van der Waals surface area contributed by atoms with Crippen LogP contribution in [0.25, 0.3) is 0 Å². The molecule has 0 aromatic heterocycles. The Hall–Kier alpha value is -0.380. The molecule has 0 N–H and O–H groups in total.